The molecule has 0 spiro atoms. The molecule has 0 saturated heterocycles. The van der Waals surface area contributed by atoms with Crippen molar-refractivity contribution in [1.82, 2.24) is 0 Å². The Morgan fingerprint density at radius 3 is 2.53 bits per heavy atom. The van der Waals surface area contributed by atoms with Crippen LogP contribution in [0.1, 0.15) is 47.0 Å². The highest BCUT2D eigenvalue weighted by atomic mass is 16.7. The Labute approximate surface area is 115 Å². The van der Waals surface area contributed by atoms with Crippen LogP contribution in [0.5, 0.6) is 11.5 Å². The molecule has 0 radical (unpaired) electrons. The summed E-state index contributed by atoms with van der Waals surface area (Å²) < 4.78 is 11.5. The van der Waals surface area contributed by atoms with Crippen molar-refractivity contribution in [3.63, 3.8) is 0 Å². The molecule has 1 unspecified atom stereocenters. The van der Waals surface area contributed by atoms with Crippen molar-refractivity contribution in [2.45, 2.75) is 58.8 Å². The van der Waals surface area contributed by atoms with E-state index in [1.54, 1.807) is 0 Å². The molecule has 19 heavy (non-hydrogen) atoms. The molecule has 3 nitrogen and oxygen atoms in total. The third-order valence-corrected chi connectivity index (χ3v) is 3.99. The molecule has 104 valence electrons. The molecule has 2 aliphatic rings. The van der Waals surface area contributed by atoms with Crippen LogP contribution in [0.15, 0.2) is 18.2 Å². The van der Waals surface area contributed by atoms with Crippen molar-refractivity contribution in [1.29, 1.82) is 0 Å². The molecule has 1 aromatic carbocycles. The minimum Gasteiger partial charge on any atom is -0.449 e. The first-order valence-electron chi connectivity index (χ1n) is 7.12. The van der Waals surface area contributed by atoms with Crippen LogP contribution in [-0.2, 0) is 0 Å². The summed E-state index contributed by atoms with van der Waals surface area (Å²) in [5.41, 5.74) is 1.60. The number of nitrogens with one attached hydrogen (secondary N) is 1. The van der Waals surface area contributed by atoms with Crippen LogP contribution in [0.4, 0.5) is 5.69 Å². The Balaban J connectivity index is 1.71. The number of benzene rings is 1. The van der Waals surface area contributed by atoms with E-state index in [9.17, 15) is 0 Å². The van der Waals surface area contributed by atoms with Crippen LogP contribution in [-0.4, -0.2) is 11.8 Å². The van der Waals surface area contributed by atoms with Crippen LogP contribution < -0.4 is 14.8 Å². The molecule has 3 rings (SSSR count). The molecule has 0 amide bonds. The molecule has 1 aliphatic carbocycles. The molecule has 1 aromatic rings. The fourth-order valence-corrected chi connectivity index (χ4v) is 3.11. The van der Waals surface area contributed by atoms with Gasteiger partial charge in [-0.25, -0.2) is 0 Å². The molecular formula is C16H23NO2. The van der Waals surface area contributed by atoms with Gasteiger partial charge in [0.15, 0.2) is 11.5 Å². The average Bonchev–Trinajstić information content (AvgIpc) is 2.76. The van der Waals surface area contributed by atoms with E-state index in [-0.39, 0.29) is 0 Å². The Kier molecular flexibility index (Phi) is 2.70. The third-order valence-electron chi connectivity index (χ3n) is 3.99. The van der Waals surface area contributed by atoms with Gasteiger partial charge in [-0.2, -0.15) is 0 Å². The number of fused-ring (bicyclic) bond motifs is 1. The second kappa shape index (κ2) is 4.06. The Morgan fingerprint density at radius 1 is 1.11 bits per heavy atom. The zero-order chi connectivity index (χ0) is 13.7. The maximum atomic E-state index is 5.78. The number of hydrogen-bond donors (Lipinski definition) is 1. The summed E-state index contributed by atoms with van der Waals surface area (Å²) >= 11 is 0. The zero-order valence-corrected chi connectivity index (χ0v) is 12.2. The SMILES string of the molecule is CC1(C)CCC(Nc2ccc3c(c2)OC(C)(C)O3)C1. The van der Waals surface area contributed by atoms with Crippen molar-refractivity contribution in [2.75, 3.05) is 5.32 Å². The summed E-state index contributed by atoms with van der Waals surface area (Å²) in [5, 5.41) is 3.62. The number of rotatable bonds is 2. The summed E-state index contributed by atoms with van der Waals surface area (Å²) in [6.07, 6.45) is 3.77. The lowest BCUT2D eigenvalue weighted by molar-refractivity contribution is -0.0431. The van der Waals surface area contributed by atoms with Gasteiger partial charge in [-0.3, -0.25) is 0 Å². The van der Waals surface area contributed by atoms with E-state index in [1.165, 1.54) is 19.3 Å². The minimum absolute atomic E-state index is 0.468. The molecule has 0 bridgehead atoms. The van der Waals surface area contributed by atoms with Gasteiger partial charge >= 0.3 is 0 Å². The van der Waals surface area contributed by atoms with Gasteiger partial charge in [0.25, 0.3) is 0 Å². The fourth-order valence-electron chi connectivity index (χ4n) is 3.11. The fraction of sp³-hybridized carbons (Fsp3) is 0.625. The lowest BCUT2D eigenvalue weighted by Gasteiger charge is -2.18. The van der Waals surface area contributed by atoms with E-state index in [4.69, 9.17) is 9.47 Å². The van der Waals surface area contributed by atoms with Crippen molar-refractivity contribution >= 4 is 5.69 Å². The van der Waals surface area contributed by atoms with Crippen molar-refractivity contribution in [3.05, 3.63) is 18.2 Å². The van der Waals surface area contributed by atoms with E-state index in [0.717, 1.165) is 17.2 Å². The largest absolute Gasteiger partial charge is 0.449 e. The first-order chi connectivity index (χ1) is 8.83. The van der Waals surface area contributed by atoms with E-state index in [0.29, 0.717) is 11.5 Å². The van der Waals surface area contributed by atoms with Gasteiger partial charge in [0.1, 0.15) is 0 Å². The Bertz CT molecular complexity index is 494. The average molecular weight is 261 g/mol. The smallest absolute Gasteiger partial charge is 0.246 e. The van der Waals surface area contributed by atoms with E-state index in [1.807, 2.05) is 19.9 Å². The summed E-state index contributed by atoms with van der Waals surface area (Å²) in [5.74, 6) is 1.13. The van der Waals surface area contributed by atoms with Gasteiger partial charge in [-0.1, -0.05) is 13.8 Å². The normalized spacial score (nSPS) is 26.4. The molecular weight excluding hydrogens is 238 g/mol. The standard InChI is InChI=1S/C16H23NO2/c1-15(2)8-7-12(10-15)17-11-5-6-13-14(9-11)19-16(3,4)18-13/h5-6,9,12,17H,7-8,10H2,1-4H3. The van der Waals surface area contributed by atoms with Gasteiger partial charge in [0, 0.05) is 31.6 Å². The third kappa shape index (κ3) is 2.65. The number of hydrogen-bond acceptors (Lipinski definition) is 3. The lowest BCUT2D eigenvalue weighted by atomic mass is 9.92. The first-order valence-corrected chi connectivity index (χ1v) is 7.12. The Morgan fingerprint density at radius 2 is 1.84 bits per heavy atom. The van der Waals surface area contributed by atoms with Gasteiger partial charge in [0.2, 0.25) is 5.79 Å². The highest BCUT2D eigenvalue weighted by Gasteiger charge is 2.33. The molecule has 3 heteroatoms. The van der Waals surface area contributed by atoms with Crippen LogP contribution in [0.2, 0.25) is 0 Å². The van der Waals surface area contributed by atoms with Crippen LogP contribution in [0, 0.1) is 5.41 Å². The highest BCUT2D eigenvalue weighted by molar-refractivity contribution is 5.56. The van der Waals surface area contributed by atoms with Crippen LogP contribution >= 0.6 is 0 Å². The second-order valence-electron chi connectivity index (χ2n) is 7.01. The van der Waals surface area contributed by atoms with Crippen LogP contribution in [0.3, 0.4) is 0 Å². The predicted octanol–water partition coefficient (Wildman–Crippen LogP) is 4.18. The van der Waals surface area contributed by atoms with Gasteiger partial charge in [0.05, 0.1) is 0 Å². The summed E-state index contributed by atoms with van der Waals surface area (Å²) in [4.78, 5) is 0. The molecule has 1 atom stereocenters. The minimum atomic E-state index is -0.545. The molecule has 0 aromatic heterocycles. The van der Waals surface area contributed by atoms with Crippen molar-refractivity contribution in [2.24, 2.45) is 5.41 Å². The van der Waals surface area contributed by atoms with Gasteiger partial charge in [-0.15, -0.1) is 0 Å². The maximum Gasteiger partial charge on any atom is 0.246 e. The number of ether oxygens (including phenoxy) is 2. The number of anilines is 1. The van der Waals surface area contributed by atoms with Gasteiger partial charge in [-0.05, 0) is 36.8 Å². The highest BCUT2D eigenvalue weighted by Crippen LogP contribution is 2.42. The molecule has 1 N–H and O–H groups in total. The molecule has 1 heterocycles. The monoisotopic (exact) mass is 261 g/mol. The van der Waals surface area contributed by atoms with Crippen LogP contribution in [0.25, 0.3) is 0 Å². The molecule has 1 aliphatic heterocycles. The van der Waals surface area contributed by atoms with Crippen molar-refractivity contribution in [3.8, 4) is 11.5 Å². The van der Waals surface area contributed by atoms with E-state index < -0.39 is 5.79 Å². The maximum absolute atomic E-state index is 5.78. The quantitative estimate of drug-likeness (QED) is 0.866. The summed E-state index contributed by atoms with van der Waals surface area (Å²) in [6.45, 7) is 8.55. The molecule has 1 fully saturated rings. The zero-order valence-electron chi connectivity index (χ0n) is 12.2. The van der Waals surface area contributed by atoms with Gasteiger partial charge < -0.3 is 14.8 Å². The summed E-state index contributed by atoms with van der Waals surface area (Å²) in [6, 6.07) is 6.69. The second-order valence-corrected chi connectivity index (χ2v) is 7.01. The molecule has 1 saturated carbocycles. The Hall–Kier alpha value is -1.38. The lowest BCUT2D eigenvalue weighted by Crippen LogP contribution is -2.29. The topological polar surface area (TPSA) is 30.5 Å². The van der Waals surface area contributed by atoms with E-state index in [2.05, 4.69) is 31.3 Å². The van der Waals surface area contributed by atoms with Crippen molar-refractivity contribution < 1.29 is 9.47 Å². The van der Waals surface area contributed by atoms with E-state index >= 15 is 0 Å². The predicted molar refractivity (Wildman–Crippen MR) is 76.8 cm³/mol. The first kappa shape index (κ1) is 12.6. The summed E-state index contributed by atoms with van der Waals surface area (Å²) in [7, 11) is 0.